The van der Waals surface area contributed by atoms with Crippen LogP contribution in [-0.2, 0) is 21.3 Å². The first-order valence-corrected chi connectivity index (χ1v) is 7.87. The van der Waals surface area contributed by atoms with Crippen LogP contribution in [0.1, 0.15) is 16.7 Å². The molecule has 0 aromatic heterocycles. The van der Waals surface area contributed by atoms with Crippen molar-refractivity contribution in [1.82, 2.24) is 0 Å². The topological polar surface area (TPSA) is 34.1 Å². The van der Waals surface area contributed by atoms with Crippen LogP contribution in [0, 0.1) is 0 Å². The normalized spacial score (nSPS) is 11.2. The van der Waals surface area contributed by atoms with Gasteiger partial charge in [0.15, 0.2) is 9.84 Å². The summed E-state index contributed by atoms with van der Waals surface area (Å²) in [5, 5.41) is 0. The minimum Gasteiger partial charge on any atom is -0.228 e. The second kappa shape index (κ2) is 5.85. The molecule has 0 aliphatic carbocycles. The molecule has 0 bridgehead atoms. The molecule has 0 unspecified atom stereocenters. The molecule has 2 rings (SSSR count). The van der Waals surface area contributed by atoms with Crippen LogP contribution in [0.5, 0.6) is 0 Å². The molecule has 3 heteroatoms. The summed E-state index contributed by atoms with van der Waals surface area (Å²) in [7, 11) is -3.15. The number of benzene rings is 2. The summed E-state index contributed by atoms with van der Waals surface area (Å²) in [6, 6.07) is 16.7. The maximum absolute atomic E-state index is 12.1. The third-order valence-electron chi connectivity index (χ3n) is 2.80. The molecule has 0 aliphatic heterocycles. The van der Waals surface area contributed by atoms with E-state index in [2.05, 4.69) is 6.58 Å². The Balaban J connectivity index is 2.15. The minimum atomic E-state index is -3.15. The van der Waals surface area contributed by atoms with Gasteiger partial charge < -0.3 is 0 Å². The number of rotatable bonds is 5. The molecule has 98 valence electrons. The summed E-state index contributed by atoms with van der Waals surface area (Å²) in [4.78, 5) is 0. The molecule has 0 N–H and O–H groups in total. The van der Waals surface area contributed by atoms with Gasteiger partial charge in [-0.3, -0.25) is 0 Å². The monoisotopic (exact) mass is 272 g/mol. The van der Waals surface area contributed by atoms with Gasteiger partial charge >= 0.3 is 0 Å². The lowest BCUT2D eigenvalue weighted by molar-refractivity contribution is 0.594. The van der Waals surface area contributed by atoms with E-state index < -0.39 is 9.84 Å². The lowest BCUT2D eigenvalue weighted by Gasteiger charge is -2.05. The van der Waals surface area contributed by atoms with E-state index in [-0.39, 0.29) is 11.5 Å². The first-order valence-electron chi connectivity index (χ1n) is 6.05. The predicted octanol–water partition coefficient (Wildman–Crippen LogP) is 3.44. The third kappa shape index (κ3) is 4.07. The van der Waals surface area contributed by atoms with Gasteiger partial charge in [0.1, 0.15) is 0 Å². The summed E-state index contributed by atoms with van der Waals surface area (Å²) in [6.45, 7) is 3.69. The van der Waals surface area contributed by atoms with Gasteiger partial charge in [0.25, 0.3) is 0 Å². The van der Waals surface area contributed by atoms with Gasteiger partial charge in [-0.25, -0.2) is 8.42 Å². The van der Waals surface area contributed by atoms with Gasteiger partial charge in [0, 0.05) is 0 Å². The van der Waals surface area contributed by atoms with Gasteiger partial charge in [-0.2, -0.15) is 0 Å². The Hall–Kier alpha value is -1.87. The molecular formula is C16H16O2S. The zero-order valence-electron chi connectivity index (χ0n) is 10.6. The Labute approximate surface area is 114 Å². The fraction of sp³-hybridized carbons (Fsp3) is 0.125. The van der Waals surface area contributed by atoms with Gasteiger partial charge in [0.05, 0.1) is 11.5 Å². The summed E-state index contributed by atoms with van der Waals surface area (Å²) in [5.74, 6) is 0.135. The highest BCUT2D eigenvalue weighted by Gasteiger charge is 2.13. The molecule has 2 aromatic carbocycles. The van der Waals surface area contributed by atoms with Crippen molar-refractivity contribution in [1.29, 1.82) is 0 Å². The average Bonchev–Trinajstić information content (AvgIpc) is 2.39. The van der Waals surface area contributed by atoms with Crippen LogP contribution in [0.4, 0.5) is 0 Å². The van der Waals surface area contributed by atoms with E-state index in [1.54, 1.807) is 6.08 Å². The van der Waals surface area contributed by atoms with E-state index in [4.69, 9.17) is 0 Å². The van der Waals surface area contributed by atoms with Gasteiger partial charge in [0.2, 0.25) is 0 Å². The van der Waals surface area contributed by atoms with E-state index >= 15 is 0 Å². The number of hydrogen-bond donors (Lipinski definition) is 0. The van der Waals surface area contributed by atoms with Crippen molar-refractivity contribution in [3.05, 3.63) is 77.9 Å². The largest absolute Gasteiger partial charge is 0.228 e. The van der Waals surface area contributed by atoms with Crippen LogP contribution < -0.4 is 0 Å². The van der Waals surface area contributed by atoms with Crippen molar-refractivity contribution in [2.24, 2.45) is 0 Å². The second-order valence-electron chi connectivity index (χ2n) is 4.47. The van der Waals surface area contributed by atoms with Crippen molar-refractivity contribution in [2.45, 2.75) is 11.5 Å². The fourth-order valence-corrected chi connectivity index (χ4v) is 3.43. The molecule has 0 aliphatic rings. The van der Waals surface area contributed by atoms with E-state index in [1.165, 1.54) is 0 Å². The number of hydrogen-bond acceptors (Lipinski definition) is 2. The van der Waals surface area contributed by atoms with Gasteiger partial charge in [-0.1, -0.05) is 67.3 Å². The maximum atomic E-state index is 12.1. The smallest absolute Gasteiger partial charge is 0.158 e. The SMILES string of the molecule is C=Cc1cccc(CS(=O)(=O)Cc2ccccc2)c1. The van der Waals surface area contributed by atoms with Gasteiger partial charge in [-0.15, -0.1) is 0 Å². The highest BCUT2D eigenvalue weighted by atomic mass is 32.2. The molecule has 0 fully saturated rings. The molecule has 0 saturated heterocycles. The van der Waals surface area contributed by atoms with E-state index in [0.717, 1.165) is 16.7 Å². The van der Waals surface area contributed by atoms with Crippen molar-refractivity contribution in [2.75, 3.05) is 0 Å². The van der Waals surface area contributed by atoms with Crippen molar-refractivity contribution in [3.63, 3.8) is 0 Å². The number of sulfone groups is 1. The highest BCUT2D eigenvalue weighted by molar-refractivity contribution is 7.89. The Morgan fingerprint density at radius 1 is 0.895 bits per heavy atom. The molecule has 0 saturated carbocycles. The molecule has 0 amide bonds. The quantitative estimate of drug-likeness (QED) is 0.835. The van der Waals surface area contributed by atoms with Crippen LogP contribution >= 0.6 is 0 Å². The van der Waals surface area contributed by atoms with Crippen molar-refractivity contribution >= 4 is 15.9 Å². The summed E-state index contributed by atoms with van der Waals surface area (Å²) >= 11 is 0. The average molecular weight is 272 g/mol. The molecule has 0 radical (unpaired) electrons. The summed E-state index contributed by atoms with van der Waals surface area (Å²) in [5.41, 5.74) is 2.56. The Bertz CT molecular complexity index is 658. The first kappa shape index (κ1) is 13.6. The van der Waals surface area contributed by atoms with Crippen LogP contribution in [0.3, 0.4) is 0 Å². The highest BCUT2D eigenvalue weighted by Crippen LogP contribution is 2.14. The van der Waals surface area contributed by atoms with Crippen LogP contribution in [-0.4, -0.2) is 8.42 Å². The molecule has 2 nitrogen and oxygen atoms in total. The zero-order chi connectivity index (χ0) is 13.7. The molecular weight excluding hydrogens is 256 g/mol. The van der Waals surface area contributed by atoms with Crippen LogP contribution in [0.2, 0.25) is 0 Å². The Morgan fingerprint density at radius 2 is 1.53 bits per heavy atom. The molecule has 0 spiro atoms. The predicted molar refractivity (Wildman–Crippen MR) is 79.3 cm³/mol. The Morgan fingerprint density at radius 3 is 2.21 bits per heavy atom. The Kier molecular flexibility index (Phi) is 4.17. The zero-order valence-corrected chi connectivity index (χ0v) is 11.4. The standard InChI is InChI=1S/C16H16O2S/c1-2-14-9-6-10-16(11-14)13-19(17,18)12-15-7-4-3-5-8-15/h2-11H,1,12-13H2. The molecule has 19 heavy (non-hydrogen) atoms. The molecule has 0 heterocycles. The van der Waals surface area contributed by atoms with Crippen molar-refractivity contribution < 1.29 is 8.42 Å². The lowest BCUT2D eigenvalue weighted by Crippen LogP contribution is -2.07. The third-order valence-corrected chi connectivity index (χ3v) is 4.35. The first-order chi connectivity index (χ1) is 9.09. The molecule has 0 atom stereocenters. The van der Waals surface area contributed by atoms with Crippen LogP contribution in [0.15, 0.2) is 61.2 Å². The van der Waals surface area contributed by atoms with Gasteiger partial charge in [-0.05, 0) is 16.7 Å². The van der Waals surface area contributed by atoms with Crippen molar-refractivity contribution in [3.8, 4) is 0 Å². The van der Waals surface area contributed by atoms with E-state index in [0.29, 0.717) is 0 Å². The summed E-state index contributed by atoms with van der Waals surface area (Å²) in [6.07, 6.45) is 1.72. The van der Waals surface area contributed by atoms with E-state index in [9.17, 15) is 8.42 Å². The van der Waals surface area contributed by atoms with E-state index in [1.807, 2.05) is 54.6 Å². The fourth-order valence-electron chi connectivity index (χ4n) is 1.94. The lowest BCUT2D eigenvalue weighted by atomic mass is 10.1. The maximum Gasteiger partial charge on any atom is 0.158 e. The van der Waals surface area contributed by atoms with Crippen LogP contribution in [0.25, 0.3) is 6.08 Å². The summed E-state index contributed by atoms with van der Waals surface area (Å²) < 4.78 is 24.3. The minimum absolute atomic E-state index is 0.0591. The second-order valence-corrected chi connectivity index (χ2v) is 6.53. The molecule has 2 aromatic rings.